The number of aryl methyl sites for hydroxylation is 3. The first-order valence-electron chi connectivity index (χ1n) is 7.78. The van der Waals surface area contributed by atoms with Crippen LogP contribution in [0.25, 0.3) is 0 Å². The van der Waals surface area contributed by atoms with E-state index in [1.807, 2.05) is 55.3 Å². The molecular weight excluding hydrogens is 515 g/mol. The van der Waals surface area contributed by atoms with Crippen LogP contribution in [0.4, 0.5) is 0 Å². The topological polar surface area (TPSA) is 53.5 Å². The summed E-state index contributed by atoms with van der Waals surface area (Å²) in [5, 5.41) is 14.2. The molecule has 3 aromatic heterocycles. The Morgan fingerprint density at radius 2 is 0.800 bits per heavy atom. The van der Waals surface area contributed by atoms with Crippen LogP contribution in [0.3, 0.4) is 0 Å². The zero-order chi connectivity index (χ0) is 18.6. The summed E-state index contributed by atoms with van der Waals surface area (Å²) in [6.07, 6.45) is 0. The Hall–Kier alpha value is -0.865. The summed E-state index contributed by atoms with van der Waals surface area (Å²) < 4.78 is 8.86. The minimum Gasteiger partial charge on any atom is -0.264 e. The monoisotopic (exact) mass is 530 g/mol. The number of nitrogens with zero attached hydrogens (tertiary/aromatic N) is 6. The molecule has 0 radical (unpaired) electrons. The van der Waals surface area contributed by atoms with Crippen LogP contribution >= 0.6 is 47.8 Å². The van der Waals surface area contributed by atoms with Gasteiger partial charge in [-0.2, -0.15) is 15.3 Å². The van der Waals surface area contributed by atoms with Gasteiger partial charge in [-0.15, -0.1) is 0 Å². The second kappa shape index (κ2) is 6.70. The van der Waals surface area contributed by atoms with Gasteiger partial charge >= 0.3 is 7.12 Å². The first kappa shape index (κ1) is 18.9. The zero-order valence-electron chi connectivity index (χ0n) is 14.9. The third kappa shape index (κ3) is 2.96. The van der Waals surface area contributed by atoms with Crippen LogP contribution < -0.4 is 0 Å². The van der Waals surface area contributed by atoms with Gasteiger partial charge in [-0.3, -0.25) is 13.8 Å². The van der Waals surface area contributed by atoms with Gasteiger partial charge in [0.25, 0.3) is 0 Å². The third-order valence-corrected chi connectivity index (χ3v) is 7.81. The molecule has 0 saturated heterocycles. The Morgan fingerprint density at radius 3 is 0.960 bits per heavy atom. The molecule has 3 heterocycles. The van der Waals surface area contributed by atoms with Gasteiger partial charge in [-0.1, -0.05) is 0 Å². The number of rotatable bonds is 3. The molecule has 25 heavy (non-hydrogen) atoms. The maximum atomic E-state index is 4.74. The summed E-state index contributed by atoms with van der Waals surface area (Å²) >= 11 is 10.9. The van der Waals surface area contributed by atoms with Gasteiger partial charge in [0.05, 0.1) is 30.5 Å². The highest BCUT2D eigenvalue weighted by molar-refractivity contribution is 9.11. The van der Waals surface area contributed by atoms with E-state index in [1.165, 1.54) is 0 Å². The molecule has 0 aliphatic rings. The van der Waals surface area contributed by atoms with Crippen LogP contribution in [0.15, 0.2) is 13.4 Å². The highest BCUT2D eigenvalue weighted by Gasteiger charge is 2.35. The summed E-state index contributed by atoms with van der Waals surface area (Å²) in [6.45, 7) is 12.1. The van der Waals surface area contributed by atoms with Crippen molar-refractivity contribution < 1.29 is 0 Å². The van der Waals surface area contributed by atoms with E-state index in [4.69, 9.17) is 15.3 Å². The fraction of sp³-hybridized carbons (Fsp3) is 0.400. The smallest absolute Gasteiger partial charge is 0.264 e. The fourth-order valence-electron chi connectivity index (χ4n) is 2.91. The van der Waals surface area contributed by atoms with E-state index < -0.39 is 0 Å². The van der Waals surface area contributed by atoms with Crippen LogP contribution in [0, 0.1) is 41.5 Å². The molecule has 0 amide bonds. The first-order chi connectivity index (χ1) is 11.6. The number of hydrogen-bond donors (Lipinski definition) is 0. The molecule has 132 valence electrons. The van der Waals surface area contributed by atoms with Gasteiger partial charge in [-0.25, -0.2) is 0 Å². The second-order valence-corrected chi connectivity index (χ2v) is 8.51. The van der Waals surface area contributed by atoms with Crippen molar-refractivity contribution in [2.24, 2.45) is 0 Å². The maximum Gasteiger partial charge on any atom is 0.569 e. The standard InChI is InChI=1S/C15H18BBr3N6/c1-7-13(17)10(4)23(20-7)16(24-11(5)14(18)8(2)21-24)25-12(6)15(19)9(3)22-25/h1-6H3. The van der Waals surface area contributed by atoms with Crippen molar-refractivity contribution in [1.29, 1.82) is 0 Å². The SMILES string of the molecule is Cc1nn(B(n2nc(C)c(Br)c2C)n2nc(C)c(Br)c2C)c(C)c1Br. The highest BCUT2D eigenvalue weighted by atomic mass is 79.9. The molecule has 0 aliphatic carbocycles. The van der Waals surface area contributed by atoms with Gasteiger partial charge in [0.2, 0.25) is 0 Å². The molecule has 0 spiro atoms. The highest BCUT2D eigenvalue weighted by Crippen LogP contribution is 2.26. The molecule has 3 aromatic rings. The zero-order valence-corrected chi connectivity index (χ0v) is 19.7. The van der Waals surface area contributed by atoms with Gasteiger partial charge in [0, 0.05) is 17.1 Å². The molecule has 0 N–H and O–H groups in total. The van der Waals surface area contributed by atoms with Crippen LogP contribution in [-0.4, -0.2) is 36.2 Å². The van der Waals surface area contributed by atoms with E-state index in [0.29, 0.717) is 0 Å². The van der Waals surface area contributed by atoms with E-state index in [-0.39, 0.29) is 7.12 Å². The largest absolute Gasteiger partial charge is 0.569 e. The molecule has 0 aliphatic heterocycles. The Morgan fingerprint density at radius 1 is 0.560 bits per heavy atom. The number of aromatic nitrogens is 6. The lowest BCUT2D eigenvalue weighted by Crippen LogP contribution is -2.45. The van der Waals surface area contributed by atoms with Crippen molar-refractivity contribution in [3.63, 3.8) is 0 Å². The molecule has 3 rings (SSSR count). The molecule has 0 fully saturated rings. The van der Waals surface area contributed by atoms with Gasteiger partial charge in [0.15, 0.2) is 0 Å². The van der Waals surface area contributed by atoms with Crippen molar-refractivity contribution in [2.75, 3.05) is 0 Å². The normalized spacial score (nSPS) is 11.4. The second-order valence-electron chi connectivity index (χ2n) is 6.13. The predicted molar refractivity (Wildman–Crippen MR) is 110 cm³/mol. The molecule has 0 unspecified atom stereocenters. The lowest BCUT2D eigenvalue weighted by molar-refractivity contribution is 0.729. The molecule has 0 bridgehead atoms. The van der Waals surface area contributed by atoms with Crippen molar-refractivity contribution in [2.45, 2.75) is 41.5 Å². The third-order valence-electron chi connectivity index (χ3n) is 4.37. The average Bonchev–Trinajstić information content (AvgIpc) is 3.08. The van der Waals surface area contributed by atoms with Crippen molar-refractivity contribution >= 4 is 54.9 Å². The lowest BCUT2D eigenvalue weighted by atomic mass is 9.93. The Bertz CT molecular complexity index is 847. The van der Waals surface area contributed by atoms with Crippen molar-refractivity contribution in [3.05, 3.63) is 47.6 Å². The van der Waals surface area contributed by atoms with Crippen LogP contribution in [0.5, 0.6) is 0 Å². The van der Waals surface area contributed by atoms with E-state index in [2.05, 4.69) is 47.8 Å². The lowest BCUT2D eigenvalue weighted by Gasteiger charge is -2.18. The van der Waals surface area contributed by atoms with Crippen molar-refractivity contribution in [3.8, 4) is 0 Å². The van der Waals surface area contributed by atoms with E-state index in [9.17, 15) is 0 Å². The quantitative estimate of drug-likeness (QED) is 0.472. The Labute approximate surface area is 172 Å². The summed E-state index contributed by atoms with van der Waals surface area (Å²) in [7, 11) is -0.333. The number of hydrogen-bond acceptors (Lipinski definition) is 3. The molecule has 0 atom stereocenters. The molecular formula is C15H18BBr3N6. The van der Waals surface area contributed by atoms with Crippen molar-refractivity contribution in [1.82, 2.24) is 29.1 Å². The minimum absolute atomic E-state index is 0.333. The van der Waals surface area contributed by atoms with Crippen LogP contribution in [0.2, 0.25) is 0 Å². The molecule has 6 nitrogen and oxygen atoms in total. The first-order valence-corrected chi connectivity index (χ1v) is 10.2. The van der Waals surface area contributed by atoms with Gasteiger partial charge < -0.3 is 0 Å². The minimum atomic E-state index is -0.333. The Balaban J connectivity index is 2.34. The molecule has 0 saturated carbocycles. The van der Waals surface area contributed by atoms with E-state index >= 15 is 0 Å². The van der Waals surface area contributed by atoms with Crippen LogP contribution in [0.1, 0.15) is 34.2 Å². The maximum absolute atomic E-state index is 4.74. The van der Waals surface area contributed by atoms with Gasteiger partial charge in [0.1, 0.15) is 0 Å². The predicted octanol–water partition coefficient (Wildman–Crippen LogP) is 4.34. The molecule has 10 heteroatoms. The summed E-state index contributed by atoms with van der Waals surface area (Å²) in [5.41, 5.74) is 5.87. The summed E-state index contributed by atoms with van der Waals surface area (Å²) in [6, 6.07) is 0. The van der Waals surface area contributed by atoms with Crippen LogP contribution in [-0.2, 0) is 0 Å². The van der Waals surface area contributed by atoms with Gasteiger partial charge in [-0.05, 0) is 89.3 Å². The summed E-state index contributed by atoms with van der Waals surface area (Å²) in [5.74, 6) is 0. The average molecular weight is 533 g/mol. The van der Waals surface area contributed by atoms with E-state index in [1.54, 1.807) is 0 Å². The summed E-state index contributed by atoms with van der Waals surface area (Å²) in [4.78, 5) is 0. The molecule has 0 aromatic carbocycles. The fourth-order valence-corrected chi connectivity index (χ4v) is 3.70. The number of halogens is 3. The van der Waals surface area contributed by atoms with E-state index in [0.717, 1.165) is 47.6 Å². The Kier molecular flexibility index (Phi) is 5.07.